The van der Waals surface area contributed by atoms with Crippen LogP contribution in [-0.2, 0) is 4.79 Å². The zero-order valence-corrected chi connectivity index (χ0v) is 5.03. The van der Waals surface area contributed by atoms with Gasteiger partial charge in [-0.2, -0.15) is 0 Å². The number of halogens is 1. The minimum atomic E-state index is 0. The first-order valence-electron chi connectivity index (χ1n) is 2.03. The summed E-state index contributed by atoms with van der Waals surface area (Å²) in [6, 6.07) is 0. The zero-order valence-electron chi connectivity index (χ0n) is 5.28. The smallest absolute Gasteiger partial charge is 1.00 e. The summed E-state index contributed by atoms with van der Waals surface area (Å²) in [5, 5.41) is 0. The first kappa shape index (κ1) is 10.0. The molecule has 0 radical (unpaired) electrons. The van der Waals surface area contributed by atoms with Crippen LogP contribution >= 0.6 is 0 Å². The van der Waals surface area contributed by atoms with E-state index in [4.69, 9.17) is 5.73 Å². The number of Topliss-reactive ketones (excluding diaryl/α,β-unsaturated/α-hetero) is 1. The molecule has 0 bridgehead atoms. The summed E-state index contributed by atoms with van der Waals surface area (Å²) in [6.45, 7) is 1.99. The summed E-state index contributed by atoms with van der Waals surface area (Å²) in [4.78, 5) is 10.1. The van der Waals surface area contributed by atoms with Crippen molar-refractivity contribution < 1.29 is 18.6 Å². The van der Waals surface area contributed by atoms with E-state index in [2.05, 4.69) is 0 Å². The Labute approximate surface area is 51.0 Å². The molecule has 0 aromatic heterocycles. The predicted octanol–water partition coefficient (Wildman–Crippen LogP) is -2.96. The van der Waals surface area contributed by atoms with E-state index in [-0.39, 0.29) is 26.2 Å². The first-order chi connectivity index (χ1) is 2.81. The number of ketones is 1. The zero-order chi connectivity index (χ0) is 4.99. The maximum atomic E-state index is 10.1. The van der Waals surface area contributed by atoms with E-state index in [0.717, 1.165) is 0 Å². The molecule has 0 atom stereocenters. The highest BCUT2D eigenvalue weighted by Crippen LogP contribution is 1.71. The van der Waals surface area contributed by atoms with E-state index >= 15 is 0 Å². The molecule has 0 aliphatic rings. The molecular weight excluding hydrogens is 114 g/mol. The van der Waals surface area contributed by atoms with Crippen molar-refractivity contribution in [1.82, 2.24) is 0 Å². The molecule has 0 aliphatic heterocycles. The van der Waals surface area contributed by atoms with Crippen LogP contribution in [0, 0.1) is 0 Å². The van der Waals surface area contributed by atoms with Crippen molar-refractivity contribution in [1.29, 1.82) is 0 Å². The van der Waals surface area contributed by atoms with Crippen LogP contribution in [0.3, 0.4) is 0 Å². The van der Waals surface area contributed by atoms with Gasteiger partial charge in [-0.25, -0.2) is 0 Å². The van der Waals surface area contributed by atoms with Crippen molar-refractivity contribution in [2.45, 2.75) is 13.3 Å². The highest BCUT2D eigenvalue weighted by molar-refractivity contribution is 5.79. The van der Waals surface area contributed by atoms with Gasteiger partial charge in [-0.05, 0) is 0 Å². The molecular formula is C4H10ClNO. The summed E-state index contributed by atoms with van der Waals surface area (Å²) < 4.78 is 0. The molecule has 2 N–H and O–H groups in total. The fourth-order valence-electron chi connectivity index (χ4n) is 0.144. The van der Waals surface area contributed by atoms with Gasteiger partial charge >= 0.3 is 1.43 Å². The summed E-state index contributed by atoms with van der Waals surface area (Å²) >= 11 is 0. The van der Waals surface area contributed by atoms with Crippen molar-refractivity contribution in [2.24, 2.45) is 5.73 Å². The number of hydrogen-bond acceptors (Lipinski definition) is 2. The Balaban J connectivity index is -0.000000125. The molecule has 0 spiro atoms. The summed E-state index contributed by atoms with van der Waals surface area (Å²) in [5.74, 6) is 0.120. The molecule has 0 unspecified atom stereocenters. The normalized spacial score (nSPS) is 7.14. The molecule has 44 valence electrons. The number of carbonyl (C=O) groups is 1. The van der Waals surface area contributed by atoms with Gasteiger partial charge in [-0.15, -0.1) is 0 Å². The lowest BCUT2D eigenvalue weighted by Crippen LogP contribution is -3.00. The Hall–Kier alpha value is -0.0800. The SMILES string of the molecule is CCC(=O)CN.[Cl-].[H+]. The Kier molecular flexibility index (Phi) is 8.47. The van der Waals surface area contributed by atoms with E-state index < -0.39 is 0 Å². The minimum Gasteiger partial charge on any atom is -1.00 e. The lowest BCUT2D eigenvalue weighted by atomic mass is 10.3. The van der Waals surface area contributed by atoms with Gasteiger partial charge in [0.05, 0.1) is 6.54 Å². The second-order valence-corrected chi connectivity index (χ2v) is 1.10. The molecule has 0 heterocycles. The fraction of sp³-hybridized carbons (Fsp3) is 0.750. The van der Waals surface area contributed by atoms with Crippen molar-refractivity contribution in [3.63, 3.8) is 0 Å². The van der Waals surface area contributed by atoms with Crippen LogP contribution in [0.2, 0.25) is 0 Å². The monoisotopic (exact) mass is 123 g/mol. The van der Waals surface area contributed by atoms with Gasteiger partial charge in [0, 0.05) is 6.42 Å². The Morgan fingerprint density at radius 1 is 1.86 bits per heavy atom. The van der Waals surface area contributed by atoms with Gasteiger partial charge in [0.25, 0.3) is 0 Å². The standard InChI is InChI=1S/C4H9NO.ClH/c1-2-4(6)3-5;/h2-3,5H2,1H3;1H. The average molecular weight is 124 g/mol. The quantitative estimate of drug-likeness (QED) is 0.427. The maximum Gasteiger partial charge on any atom is 1.00 e. The molecule has 0 amide bonds. The lowest BCUT2D eigenvalue weighted by Gasteiger charge is -1.82. The Morgan fingerprint density at radius 3 is 2.29 bits per heavy atom. The Morgan fingerprint density at radius 2 is 2.29 bits per heavy atom. The lowest BCUT2D eigenvalue weighted by molar-refractivity contribution is -0.117. The number of hydrogen-bond donors (Lipinski definition) is 1. The van der Waals surface area contributed by atoms with Crippen LogP contribution < -0.4 is 18.1 Å². The van der Waals surface area contributed by atoms with Gasteiger partial charge in [0.15, 0.2) is 0 Å². The average Bonchev–Trinajstić information content (AvgIpc) is 1.65. The van der Waals surface area contributed by atoms with E-state index in [1.165, 1.54) is 0 Å². The topological polar surface area (TPSA) is 43.1 Å². The number of nitrogens with two attached hydrogens (primary N) is 1. The van der Waals surface area contributed by atoms with E-state index in [1.807, 2.05) is 0 Å². The minimum absolute atomic E-state index is 0. The molecule has 3 heteroatoms. The highest BCUT2D eigenvalue weighted by Gasteiger charge is 1.87. The van der Waals surface area contributed by atoms with Crippen molar-refractivity contribution >= 4 is 5.78 Å². The van der Waals surface area contributed by atoms with Crippen molar-refractivity contribution in [3.8, 4) is 0 Å². The fourth-order valence-corrected chi connectivity index (χ4v) is 0.144. The second-order valence-electron chi connectivity index (χ2n) is 1.10. The molecule has 0 fully saturated rings. The molecule has 0 saturated carbocycles. The first-order valence-corrected chi connectivity index (χ1v) is 2.03. The summed E-state index contributed by atoms with van der Waals surface area (Å²) in [6.07, 6.45) is 0.566. The second kappa shape index (κ2) is 5.92. The van der Waals surface area contributed by atoms with Crippen molar-refractivity contribution in [2.75, 3.05) is 6.54 Å². The molecule has 0 saturated heterocycles. The molecule has 2 nitrogen and oxygen atoms in total. The van der Waals surface area contributed by atoms with Gasteiger partial charge in [-0.3, -0.25) is 4.79 Å². The van der Waals surface area contributed by atoms with E-state index in [9.17, 15) is 4.79 Å². The van der Waals surface area contributed by atoms with Gasteiger partial charge in [0.2, 0.25) is 0 Å². The third kappa shape index (κ3) is 5.92. The van der Waals surface area contributed by atoms with Gasteiger partial charge in [-0.1, -0.05) is 6.92 Å². The van der Waals surface area contributed by atoms with E-state index in [0.29, 0.717) is 6.42 Å². The van der Waals surface area contributed by atoms with Crippen LogP contribution in [0.5, 0.6) is 0 Å². The van der Waals surface area contributed by atoms with Crippen LogP contribution in [0.15, 0.2) is 0 Å². The molecule has 0 rings (SSSR count). The van der Waals surface area contributed by atoms with Crippen LogP contribution in [-0.4, -0.2) is 12.3 Å². The van der Waals surface area contributed by atoms with Crippen LogP contribution in [0.4, 0.5) is 0 Å². The summed E-state index contributed by atoms with van der Waals surface area (Å²) in [7, 11) is 0. The van der Waals surface area contributed by atoms with Crippen LogP contribution in [0.1, 0.15) is 14.8 Å². The molecule has 7 heavy (non-hydrogen) atoms. The number of carbonyl (C=O) groups excluding carboxylic acids is 1. The molecule has 0 aliphatic carbocycles. The van der Waals surface area contributed by atoms with Crippen LogP contribution in [0.25, 0.3) is 0 Å². The third-order valence-corrected chi connectivity index (χ3v) is 0.622. The third-order valence-electron chi connectivity index (χ3n) is 0.622. The van der Waals surface area contributed by atoms with Gasteiger partial charge in [0.1, 0.15) is 5.78 Å². The van der Waals surface area contributed by atoms with Crippen molar-refractivity contribution in [3.05, 3.63) is 0 Å². The molecule has 0 aromatic rings. The Bertz CT molecular complexity index is 54.0. The van der Waals surface area contributed by atoms with Gasteiger partial charge < -0.3 is 18.1 Å². The summed E-state index contributed by atoms with van der Waals surface area (Å²) in [5.41, 5.74) is 4.93. The highest BCUT2D eigenvalue weighted by atomic mass is 35.5. The largest absolute Gasteiger partial charge is 1.00 e. The predicted molar refractivity (Wildman–Crippen MR) is 25.5 cm³/mol. The van der Waals surface area contributed by atoms with E-state index in [1.54, 1.807) is 6.92 Å². The maximum absolute atomic E-state index is 10.1. The number of rotatable bonds is 2. The molecule has 0 aromatic carbocycles.